The van der Waals surface area contributed by atoms with Crippen LogP contribution in [0.5, 0.6) is 0 Å². The molecule has 1 amide bonds. The summed E-state index contributed by atoms with van der Waals surface area (Å²) in [6, 6.07) is 14.1. The largest absolute Gasteiger partial charge is 0.416 e. The average Bonchev–Trinajstić information content (AvgIpc) is 3.22. The number of ether oxygens (including phenoxy) is 1. The Morgan fingerprint density at radius 3 is 2.56 bits per heavy atom. The first-order valence-corrected chi connectivity index (χ1v) is 10.4. The van der Waals surface area contributed by atoms with E-state index in [0.29, 0.717) is 31.6 Å². The van der Waals surface area contributed by atoms with Crippen LogP contribution in [0.2, 0.25) is 0 Å². The SMILES string of the molecule is O=C1N[C@@H](c2ccccc2)COCc2cnnn2CC[C@@H]1Cc1ccc(C(F)(F)F)cc1. The second kappa shape index (κ2) is 9.52. The van der Waals surface area contributed by atoms with Crippen molar-refractivity contribution in [2.45, 2.75) is 38.2 Å². The quantitative estimate of drug-likeness (QED) is 0.665. The molecule has 4 rings (SSSR count). The molecule has 1 aromatic heterocycles. The number of fused-ring (bicyclic) bond motifs is 1. The van der Waals surface area contributed by atoms with Gasteiger partial charge in [-0.05, 0) is 36.1 Å². The number of aryl methyl sites for hydroxylation is 1. The maximum atomic E-state index is 13.2. The van der Waals surface area contributed by atoms with Crippen molar-refractivity contribution in [2.24, 2.45) is 5.92 Å². The molecular formula is C23H23F3N4O2. The molecule has 0 bridgehead atoms. The lowest BCUT2D eigenvalue weighted by atomic mass is 9.94. The van der Waals surface area contributed by atoms with E-state index in [2.05, 4.69) is 15.6 Å². The van der Waals surface area contributed by atoms with Crippen molar-refractivity contribution in [3.05, 3.63) is 83.2 Å². The molecular weight excluding hydrogens is 421 g/mol. The van der Waals surface area contributed by atoms with Crippen LogP contribution in [0.15, 0.2) is 60.8 Å². The molecule has 1 aliphatic rings. The summed E-state index contributed by atoms with van der Waals surface area (Å²) in [6.45, 7) is 1.04. The lowest BCUT2D eigenvalue weighted by molar-refractivity contribution is -0.137. The summed E-state index contributed by atoms with van der Waals surface area (Å²) >= 11 is 0. The van der Waals surface area contributed by atoms with E-state index in [9.17, 15) is 18.0 Å². The highest BCUT2D eigenvalue weighted by atomic mass is 19.4. The smallest absolute Gasteiger partial charge is 0.373 e. The number of carbonyl (C=O) groups excluding carboxylic acids is 1. The minimum absolute atomic E-state index is 0.175. The fourth-order valence-electron chi connectivity index (χ4n) is 3.77. The number of alkyl halides is 3. The maximum Gasteiger partial charge on any atom is 0.416 e. The molecule has 1 aliphatic heterocycles. The van der Waals surface area contributed by atoms with Crippen LogP contribution in [0.1, 0.15) is 34.8 Å². The summed E-state index contributed by atoms with van der Waals surface area (Å²) in [7, 11) is 0. The first-order valence-electron chi connectivity index (χ1n) is 10.4. The summed E-state index contributed by atoms with van der Waals surface area (Å²) in [5.74, 6) is -0.626. The van der Waals surface area contributed by atoms with E-state index < -0.39 is 17.7 Å². The zero-order valence-electron chi connectivity index (χ0n) is 17.3. The van der Waals surface area contributed by atoms with Crippen molar-refractivity contribution >= 4 is 5.91 Å². The van der Waals surface area contributed by atoms with E-state index in [1.165, 1.54) is 12.1 Å². The van der Waals surface area contributed by atoms with Gasteiger partial charge in [-0.3, -0.25) is 4.79 Å². The van der Waals surface area contributed by atoms with Crippen LogP contribution in [-0.2, 0) is 35.3 Å². The lowest BCUT2D eigenvalue weighted by Gasteiger charge is -2.23. The summed E-state index contributed by atoms with van der Waals surface area (Å²) in [4.78, 5) is 13.2. The molecule has 3 aromatic rings. The number of amides is 1. The number of nitrogens with one attached hydrogen (secondary N) is 1. The molecule has 0 radical (unpaired) electrons. The van der Waals surface area contributed by atoms with Gasteiger partial charge in [-0.15, -0.1) is 5.10 Å². The number of benzene rings is 2. The molecule has 0 spiro atoms. The van der Waals surface area contributed by atoms with Gasteiger partial charge in [0, 0.05) is 12.5 Å². The van der Waals surface area contributed by atoms with E-state index >= 15 is 0 Å². The van der Waals surface area contributed by atoms with Crippen LogP contribution >= 0.6 is 0 Å². The average molecular weight is 444 g/mol. The van der Waals surface area contributed by atoms with Gasteiger partial charge in [0.05, 0.1) is 36.7 Å². The minimum Gasteiger partial charge on any atom is -0.373 e. The van der Waals surface area contributed by atoms with E-state index in [0.717, 1.165) is 23.4 Å². The monoisotopic (exact) mass is 444 g/mol. The summed E-state index contributed by atoms with van der Waals surface area (Å²) in [6.07, 6.45) is -1.98. The summed E-state index contributed by atoms with van der Waals surface area (Å²) in [5, 5.41) is 11.1. The summed E-state index contributed by atoms with van der Waals surface area (Å²) in [5.41, 5.74) is 1.68. The molecule has 9 heteroatoms. The molecule has 168 valence electrons. The van der Waals surface area contributed by atoms with E-state index in [1.54, 1.807) is 10.9 Å². The third kappa shape index (κ3) is 5.34. The van der Waals surface area contributed by atoms with E-state index in [-0.39, 0.29) is 18.6 Å². The standard InChI is InChI=1S/C23H23F3N4O2/c24-23(25,26)19-8-6-16(7-9-19)12-18-10-11-30-20(13-27-29-30)14-32-15-21(28-22(18)31)17-4-2-1-3-5-17/h1-9,13,18,21H,10-12,14-15H2,(H,28,31)/t18-,21-/m1/s1. The van der Waals surface area contributed by atoms with Gasteiger partial charge in [0.15, 0.2) is 0 Å². The number of rotatable bonds is 3. The van der Waals surface area contributed by atoms with Crippen LogP contribution < -0.4 is 5.32 Å². The van der Waals surface area contributed by atoms with Crippen LogP contribution in [0, 0.1) is 5.92 Å². The van der Waals surface area contributed by atoms with Crippen molar-refractivity contribution in [1.29, 1.82) is 0 Å². The molecule has 0 fully saturated rings. The predicted octanol–water partition coefficient (Wildman–Crippen LogP) is 3.93. The Hall–Kier alpha value is -3.20. The highest BCUT2D eigenvalue weighted by Gasteiger charge is 2.30. The van der Waals surface area contributed by atoms with Crippen LogP contribution in [0.4, 0.5) is 13.2 Å². The Bertz CT molecular complexity index is 1040. The van der Waals surface area contributed by atoms with Gasteiger partial charge >= 0.3 is 6.18 Å². The molecule has 6 nitrogen and oxygen atoms in total. The number of carbonyl (C=O) groups is 1. The molecule has 2 heterocycles. The third-order valence-corrected chi connectivity index (χ3v) is 5.57. The molecule has 0 saturated carbocycles. The zero-order valence-corrected chi connectivity index (χ0v) is 17.3. The van der Waals surface area contributed by atoms with Crippen LogP contribution in [0.3, 0.4) is 0 Å². The van der Waals surface area contributed by atoms with Crippen molar-refractivity contribution in [1.82, 2.24) is 20.3 Å². The van der Waals surface area contributed by atoms with E-state index in [4.69, 9.17) is 4.74 Å². The molecule has 2 atom stereocenters. The van der Waals surface area contributed by atoms with Gasteiger partial charge in [0.25, 0.3) is 0 Å². The fraction of sp³-hybridized carbons (Fsp3) is 0.348. The van der Waals surface area contributed by atoms with Gasteiger partial charge in [0.2, 0.25) is 5.91 Å². The summed E-state index contributed by atoms with van der Waals surface area (Å²) < 4.78 is 46.2. The normalized spacial score (nSPS) is 20.2. The maximum absolute atomic E-state index is 13.2. The topological polar surface area (TPSA) is 69.0 Å². The Kier molecular flexibility index (Phi) is 6.55. The first-order chi connectivity index (χ1) is 15.4. The fourth-order valence-corrected chi connectivity index (χ4v) is 3.77. The number of halogens is 3. The van der Waals surface area contributed by atoms with E-state index in [1.807, 2.05) is 30.3 Å². The van der Waals surface area contributed by atoms with Gasteiger partial charge in [-0.1, -0.05) is 47.7 Å². The van der Waals surface area contributed by atoms with Crippen LogP contribution in [0.25, 0.3) is 0 Å². The van der Waals surface area contributed by atoms with Crippen molar-refractivity contribution in [3.8, 4) is 0 Å². The second-order valence-corrected chi connectivity index (χ2v) is 7.82. The number of hydrogen-bond donors (Lipinski definition) is 1. The molecule has 0 unspecified atom stereocenters. The van der Waals surface area contributed by atoms with Crippen LogP contribution in [-0.4, -0.2) is 27.5 Å². The Balaban J connectivity index is 1.57. The minimum atomic E-state index is -4.39. The zero-order chi connectivity index (χ0) is 22.6. The Morgan fingerprint density at radius 2 is 1.84 bits per heavy atom. The van der Waals surface area contributed by atoms with Gasteiger partial charge in [-0.25, -0.2) is 4.68 Å². The van der Waals surface area contributed by atoms with Gasteiger partial charge < -0.3 is 10.1 Å². The Morgan fingerprint density at radius 1 is 1.09 bits per heavy atom. The number of hydrogen-bond acceptors (Lipinski definition) is 4. The van der Waals surface area contributed by atoms with Gasteiger partial charge in [-0.2, -0.15) is 13.2 Å². The molecule has 0 saturated heterocycles. The second-order valence-electron chi connectivity index (χ2n) is 7.82. The van der Waals surface area contributed by atoms with Crippen molar-refractivity contribution in [2.75, 3.05) is 6.61 Å². The molecule has 2 aromatic carbocycles. The molecule has 32 heavy (non-hydrogen) atoms. The third-order valence-electron chi connectivity index (χ3n) is 5.57. The number of nitrogens with zero attached hydrogens (tertiary/aromatic N) is 3. The highest BCUT2D eigenvalue weighted by molar-refractivity contribution is 5.79. The lowest BCUT2D eigenvalue weighted by Crippen LogP contribution is -2.37. The highest BCUT2D eigenvalue weighted by Crippen LogP contribution is 2.29. The molecule has 1 N–H and O–H groups in total. The predicted molar refractivity (Wildman–Crippen MR) is 110 cm³/mol. The van der Waals surface area contributed by atoms with Gasteiger partial charge in [0.1, 0.15) is 0 Å². The first kappa shape index (κ1) is 22.0. The Labute approximate surface area is 183 Å². The van der Waals surface area contributed by atoms with Crippen molar-refractivity contribution < 1.29 is 22.7 Å². The van der Waals surface area contributed by atoms with Crippen molar-refractivity contribution in [3.63, 3.8) is 0 Å². The number of aromatic nitrogens is 3. The molecule has 0 aliphatic carbocycles.